The second kappa shape index (κ2) is 8.66. The van der Waals surface area contributed by atoms with Crippen LogP contribution in [0, 0.1) is 5.41 Å². The molecular formula is C16H25ClN2OS. The number of hydrogen-bond acceptors (Lipinski definition) is 3. The zero-order valence-corrected chi connectivity index (χ0v) is 14.1. The Bertz CT molecular complexity index is 437. The van der Waals surface area contributed by atoms with Gasteiger partial charge in [-0.3, -0.25) is 4.79 Å². The molecule has 1 unspecified atom stereocenters. The van der Waals surface area contributed by atoms with Crippen molar-refractivity contribution in [1.82, 2.24) is 5.32 Å². The molecule has 3 N–H and O–H groups in total. The van der Waals surface area contributed by atoms with Gasteiger partial charge in [-0.25, -0.2) is 0 Å². The minimum Gasteiger partial charge on any atom is -0.354 e. The van der Waals surface area contributed by atoms with Crippen molar-refractivity contribution in [2.75, 3.05) is 18.6 Å². The van der Waals surface area contributed by atoms with Gasteiger partial charge in [0, 0.05) is 6.54 Å². The first-order chi connectivity index (χ1) is 9.65. The van der Waals surface area contributed by atoms with Gasteiger partial charge in [0.15, 0.2) is 0 Å². The Balaban J connectivity index is 0.00000220. The lowest BCUT2D eigenvalue weighted by Crippen LogP contribution is -2.43. The highest BCUT2D eigenvalue weighted by atomic mass is 35.5. The Kier molecular flexibility index (Phi) is 7.57. The van der Waals surface area contributed by atoms with Gasteiger partial charge in [-0.2, -0.15) is 11.8 Å². The number of hydrogen-bond donors (Lipinski definition) is 2. The summed E-state index contributed by atoms with van der Waals surface area (Å²) in [7, 11) is 0. The van der Waals surface area contributed by atoms with Crippen molar-refractivity contribution >= 4 is 30.1 Å². The van der Waals surface area contributed by atoms with Crippen LogP contribution in [0.15, 0.2) is 30.3 Å². The molecule has 5 heteroatoms. The van der Waals surface area contributed by atoms with Crippen LogP contribution in [0.25, 0.3) is 0 Å². The number of carbonyl (C=O) groups is 1. The Morgan fingerprint density at radius 1 is 1.38 bits per heavy atom. The predicted octanol–water partition coefficient (Wildman–Crippen LogP) is 2.63. The van der Waals surface area contributed by atoms with Gasteiger partial charge in [-0.15, -0.1) is 12.4 Å². The van der Waals surface area contributed by atoms with Gasteiger partial charge in [0.2, 0.25) is 5.91 Å². The monoisotopic (exact) mass is 328 g/mol. The van der Waals surface area contributed by atoms with Crippen molar-refractivity contribution in [2.45, 2.75) is 31.7 Å². The quantitative estimate of drug-likeness (QED) is 0.771. The summed E-state index contributed by atoms with van der Waals surface area (Å²) in [6.07, 6.45) is 6.22. The van der Waals surface area contributed by atoms with Crippen molar-refractivity contribution in [3.63, 3.8) is 0 Å². The molecule has 1 fully saturated rings. The highest BCUT2D eigenvalue weighted by Gasteiger charge is 2.42. The summed E-state index contributed by atoms with van der Waals surface area (Å²) >= 11 is 1.73. The molecule has 1 aliphatic rings. The van der Waals surface area contributed by atoms with Gasteiger partial charge < -0.3 is 11.1 Å². The largest absolute Gasteiger partial charge is 0.354 e. The molecular weight excluding hydrogens is 304 g/mol. The molecule has 0 aromatic heterocycles. The van der Waals surface area contributed by atoms with E-state index in [0.717, 1.165) is 25.1 Å². The van der Waals surface area contributed by atoms with E-state index in [9.17, 15) is 4.79 Å². The Hall–Kier alpha value is -0.710. The van der Waals surface area contributed by atoms with E-state index in [2.05, 4.69) is 29.6 Å². The summed E-state index contributed by atoms with van der Waals surface area (Å²) in [4.78, 5) is 11.9. The van der Waals surface area contributed by atoms with Crippen LogP contribution >= 0.6 is 24.2 Å². The van der Waals surface area contributed by atoms with Gasteiger partial charge in [-0.1, -0.05) is 30.3 Å². The molecule has 0 bridgehead atoms. The SMILES string of the molecule is CSCCC(N)C(=O)NCC1(Cc2ccccc2)CC1.Cl. The number of nitrogens with one attached hydrogen (secondary N) is 1. The normalized spacial score (nSPS) is 16.7. The van der Waals surface area contributed by atoms with Crippen LogP contribution in [0.4, 0.5) is 0 Å². The third-order valence-electron chi connectivity index (χ3n) is 3.99. The van der Waals surface area contributed by atoms with Crippen molar-refractivity contribution in [2.24, 2.45) is 11.1 Å². The van der Waals surface area contributed by atoms with Gasteiger partial charge in [0.25, 0.3) is 0 Å². The van der Waals surface area contributed by atoms with Crippen LogP contribution < -0.4 is 11.1 Å². The lowest BCUT2D eigenvalue weighted by molar-refractivity contribution is -0.122. The maximum absolute atomic E-state index is 11.9. The molecule has 1 saturated carbocycles. The third kappa shape index (κ3) is 5.89. The molecule has 0 radical (unpaired) electrons. The molecule has 1 aliphatic carbocycles. The van der Waals surface area contributed by atoms with E-state index in [0.29, 0.717) is 0 Å². The van der Waals surface area contributed by atoms with E-state index in [1.807, 2.05) is 12.3 Å². The van der Waals surface area contributed by atoms with Crippen LogP contribution in [0.1, 0.15) is 24.8 Å². The van der Waals surface area contributed by atoms with Crippen molar-refractivity contribution in [3.8, 4) is 0 Å². The first kappa shape index (κ1) is 18.3. The van der Waals surface area contributed by atoms with E-state index < -0.39 is 0 Å². The van der Waals surface area contributed by atoms with E-state index >= 15 is 0 Å². The third-order valence-corrected chi connectivity index (χ3v) is 4.63. The summed E-state index contributed by atoms with van der Waals surface area (Å²) < 4.78 is 0. The summed E-state index contributed by atoms with van der Waals surface area (Å²) in [5, 5.41) is 3.04. The zero-order chi connectivity index (χ0) is 14.4. The molecule has 0 heterocycles. The summed E-state index contributed by atoms with van der Waals surface area (Å²) in [5.41, 5.74) is 7.51. The highest BCUT2D eigenvalue weighted by molar-refractivity contribution is 7.98. The van der Waals surface area contributed by atoms with E-state index in [-0.39, 0.29) is 29.8 Å². The van der Waals surface area contributed by atoms with Gasteiger partial charge in [0.1, 0.15) is 0 Å². The molecule has 1 amide bonds. The molecule has 118 valence electrons. The fraction of sp³-hybridized carbons (Fsp3) is 0.562. The molecule has 1 aromatic rings. The molecule has 0 aliphatic heterocycles. The molecule has 2 rings (SSSR count). The number of thioether (sulfide) groups is 1. The minimum atomic E-state index is -0.366. The van der Waals surface area contributed by atoms with Crippen molar-refractivity contribution in [1.29, 1.82) is 0 Å². The Morgan fingerprint density at radius 2 is 2.05 bits per heavy atom. The Morgan fingerprint density at radius 3 is 2.62 bits per heavy atom. The van der Waals surface area contributed by atoms with E-state index in [1.165, 1.54) is 18.4 Å². The van der Waals surface area contributed by atoms with Crippen LogP contribution in [-0.2, 0) is 11.2 Å². The molecule has 3 nitrogen and oxygen atoms in total. The van der Waals surface area contributed by atoms with E-state index in [4.69, 9.17) is 5.73 Å². The molecule has 21 heavy (non-hydrogen) atoms. The van der Waals surface area contributed by atoms with E-state index in [1.54, 1.807) is 11.8 Å². The fourth-order valence-electron chi connectivity index (χ4n) is 2.40. The minimum absolute atomic E-state index is 0. The maximum Gasteiger partial charge on any atom is 0.236 e. The van der Waals surface area contributed by atoms with Gasteiger partial charge in [0.05, 0.1) is 6.04 Å². The second-order valence-electron chi connectivity index (χ2n) is 5.77. The summed E-state index contributed by atoms with van der Waals surface area (Å²) in [6.45, 7) is 0.758. The fourth-order valence-corrected chi connectivity index (χ4v) is 2.89. The zero-order valence-electron chi connectivity index (χ0n) is 12.5. The number of rotatable bonds is 8. The number of nitrogens with two attached hydrogens (primary N) is 1. The average molecular weight is 329 g/mol. The standard InChI is InChI=1S/C16H24N2OS.ClH/c1-20-10-7-14(17)15(19)18-12-16(8-9-16)11-13-5-3-2-4-6-13;/h2-6,14H,7-12,17H2,1H3,(H,18,19);1H. The lowest BCUT2D eigenvalue weighted by atomic mass is 9.96. The summed E-state index contributed by atoms with van der Waals surface area (Å²) in [6, 6.07) is 10.1. The van der Waals surface area contributed by atoms with Crippen molar-refractivity contribution in [3.05, 3.63) is 35.9 Å². The lowest BCUT2D eigenvalue weighted by Gasteiger charge is -2.18. The molecule has 0 spiro atoms. The molecule has 1 atom stereocenters. The van der Waals surface area contributed by atoms with Crippen LogP contribution in [0.2, 0.25) is 0 Å². The maximum atomic E-state index is 11.9. The smallest absolute Gasteiger partial charge is 0.236 e. The average Bonchev–Trinajstić information content (AvgIpc) is 3.23. The van der Waals surface area contributed by atoms with Crippen LogP contribution in [0.3, 0.4) is 0 Å². The topological polar surface area (TPSA) is 55.1 Å². The van der Waals surface area contributed by atoms with Crippen molar-refractivity contribution < 1.29 is 4.79 Å². The van der Waals surface area contributed by atoms with Gasteiger partial charge in [-0.05, 0) is 48.7 Å². The highest BCUT2D eigenvalue weighted by Crippen LogP contribution is 2.47. The number of halogens is 1. The number of amides is 1. The Labute approximate surface area is 137 Å². The first-order valence-electron chi connectivity index (χ1n) is 7.21. The summed E-state index contributed by atoms with van der Waals surface area (Å²) in [5.74, 6) is 0.933. The predicted molar refractivity (Wildman–Crippen MR) is 93.0 cm³/mol. The van der Waals surface area contributed by atoms with Crippen LogP contribution in [-0.4, -0.2) is 30.5 Å². The second-order valence-corrected chi connectivity index (χ2v) is 6.75. The first-order valence-corrected chi connectivity index (χ1v) is 8.61. The molecule has 0 saturated heterocycles. The molecule has 1 aromatic carbocycles. The number of carbonyl (C=O) groups excluding carboxylic acids is 1. The number of benzene rings is 1. The van der Waals surface area contributed by atoms with Crippen LogP contribution in [0.5, 0.6) is 0 Å². The van der Waals surface area contributed by atoms with Gasteiger partial charge >= 0.3 is 0 Å².